The van der Waals surface area contributed by atoms with Gasteiger partial charge in [-0.25, -0.2) is 0 Å². The Morgan fingerprint density at radius 2 is 1.90 bits per heavy atom. The van der Waals surface area contributed by atoms with Gasteiger partial charge >= 0.3 is 0 Å². The van der Waals surface area contributed by atoms with Crippen molar-refractivity contribution in [2.24, 2.45) is 0 Å². The molecule has 1 fully saturated rings. The van der Waals surface area contributed by atoms with Crippen LogP contribution >= 0.6 is 15.9 Å². The molecule has 1 N–H and O–H groups in total. The first kappa shape index (κ1) is 23.3. The second-order valence-electron chi connectivity index (χ2n) is 8.38. The fourth-order valence-corrected chi connectivity index (χ4v) is 4.44. The van der Waals surface area contributed by atoms with Gasteiger partial charge in [0.05, 0.1) is 0 Å². The van der Waals surface area contributed by atoms with Gasteiger partial charge in [-0.2, -0.15) is 0 Å². The van der Waals surface area contributed by atoms with E-state index in [9.17, 15) is 9.59 Å². The van der Waals surface area contributed by atoms with Gasteiger partial charge in [0.25, 0.3) is 5.91 Å². The number of hydrogen-bond acceptors (Lipinski definition) is 3. The average Bonchev–Trinajstić information content (AvgIpc) is 3.23. The molecule has 0 heterocycles. The maximum absolute atomic E-state index is 13.2. The summed E-state index contributed by atoms with van der Waals surface area (Å²) in [6, 6.07) is 13.3. The summed E-state index contributed by atoms with van der Waals surface area (Å²) >= 11 is 3.48. The van der Waals surface area contributed by atoms with E-state index in [0.29, 0.717) is 12.3 Å². The molecule has 1 saturated carbocycles. The number of aryl methyl sites for hydroxylation is 2. The van der Waals surface area contributed by atoms with E-state index in [2.05, 4.69) is 21.2 Å². The van der Waals surface area contributed by atoms with E-state index in [1.807, 2.05) is 56.3 Å². The number of nitrogens with one attached hydrogen (secondary N) is 1. The molecule has 3 rings (SSSR count). The number of hydrogen-bond donors (Lipinski definition) is 1. The lowest BCUT2D eigenvalue weighted by molar-refractivity contribution is -0.142. The minimum Gasteiger partial charge on any atom is -0.483 e. The third kappa shape index (κ3) is 6.57. The van der Waals surface area contributed by atoms with Crippen LogP contribution in [0.3, 0.4) is 0 Å². The summed E-state index contributed by atoms with van der Waals surface area (Å²) in [5, 5.41) is 3.12. The minimum absolute atomic E-state index is 0.109. The Kier molecular flexibility index (Phi) is 8.13. The largest absolute Gasteiger partial charge is 0.483 e. The molecular formula is C25H31BrN2O3. The summed E-state index contributed by atoms with van der Waals surface area (Å²) < 4.78 is 6.76. The third-order valence-electron chi connectivity index (χ3n) is 5.79. The number of carbonyl (C=O) groups is 2. The molecule has 166 valence electrons. The highest BCUT2D eigenvalue weighted by Crippen LogP contribution is 2.21. The first-order chi connectivity index (χ1) is 14.8. The standard InChI is InChI=1S/C25H31BrN2O3/c1-17-11-12-23(18(2)13-17)31-16-24(29)28(15-20-7-6-8-21(26)14-20)19(3)25(30)27-22-9-4-5-10-22/h6-8,11-14,19,22H,4-5,9-10,15-16H2,1-3H3,(H,27,30)/t19-/m1/s1. The first-order valence-corrected chi connectivity index (χ1v) is 11.7. The van der Waals surface area contributed by atoms with Crippen LogP contribution in [-0.2, 0) is 16.1 Å². The lowest BCUT2D eigenvalue weighted by Gasteiger charge is -2.30. The van der Waals surface area contributed by atoms with Crippen molar-refractivity contribution in [3.05, 3.63) is 63.6 Å². The lowest BCUT2D eigenvalue weighted by atomic mass is 10.1. The van der Waals surface area contributed by atoms with Crippen LogP contribution in [0.2, 0.25) is 0 Å². The zero-order chi connectivity index (χ0) is 22.4. The number of rotatable bonds is 8. The fourth-order valence-electron chi connectivity index (χ4n) is 3.99. The second-order valence-corrected chi connectivity index (χ2v) is 9.29. The third-order valence-corrected chi connectivity index (χ3v) is 6.29. The molecule has 0 aromatic heterocycles. The first-order valence-electron chi connectivity index (χ1n) is 10.9. The molecule has 5 nitrogen and oxygen atoms in total. The zero-order valence-electron chi connectivity index (χ0n) is 18.5. The lowest BCUT2D eigenvalue weighted by Crippen LogP contribution is -2.50. The van der Waals surface area contributed by atoms with Crippen LogP contribution in [0.15, 0.2) is 46.9 Å². The van der Waals surface area contributed by atoms with Gasteiger partial charge in [-0.1, -0.05) is 58.6 Å². The maximum atomic E-state index is 13.2. The van der Waals surface area contributed by atoms with E-state index in [1.165, 1.54) is 0 Å². The number of amides is 2. The molecule has 0 bridgehead atoms. The number of ether oxygens (including phenoxy) is 1. The number of halogens is 1. The van der Waals surface area contributed by atoms with Crippen molar-refractivity contribution in [3.8, 4) is 5.75 Å². The highest BCUT2D eigenvalue weighted by atomic mass is 79.9. The molecular weight excluding hydrogens is 456 g/mol. The van der Waals surface area contributed by atoms with Gasteiger partial charge in [-0.3, -0.25) is 9.59 Å². The van der Waals surface area contributed by atoms with Gasteiger partial charge in [-0.05, 0) is 62.9 Å². The van der Waals surface area contributed by atoms with Crippen molar-refractivity contribution in [3.63, 3.8) is 0 Å². The Hall–Kier alpha value is -2.34. The summed E-state index contributed by atoms with van der Waals surface area (Å²) in [4.78, 5) is 27.7. The van der Waals surface area contributed by atoms with Gasteiger partial charge in [0, 0.05) is 17.1 Å². The minimum atomic E-state index is -0.588. The molecule has 2 aromatic carbocycles. The highest BCUT2D eigenvalue weighted by molar-refractivity contribution is 9.10. The molecule has 0 unspecified atom stereocenters. The summed E-state index contributed by atoms with van der Waals surface area (Å²) in [6.45, 7) is 6.00. The van der Waals surface area contributed by atoms with Gasteiger partial charge in [-0.15, -0.1) is 0 Å². The monoisotopic (exact) mass is 486 g/mol. The van der Waals surface area contributed by atoms with E-state index in [1.54, 1.807) is 11.8 Å². The van der Waals surface area contributed by atoms with Gasteiger partial charge in [0.15, 0.2) is 6.61 Å². The highest BCUT2D eigenvalue weighted by Gasteiger charge is 2.28. The smallest absolute Gasteiger partial charge is 0.261 e. The van der Waals surface area contributed by atoms with Crippen LogP contribution < -0.4 is 10.1 Å². The van der Waals surface area contributed by atoms with Crippen molar-refractivity contribution < 1.29 is 14.3 Å². The van der Waals surface area contributed by atoms with Crippen LogP contribution in [0.1, 0.15) is 49.3 Å². The normalized spacial score (nSPS) is 14.8. The summed E-state index contributed by atoms with van der Waals surface area (Å²) in [7, 11) is 0. The predicted molar refractivity (Wildman–Crippen MR) is 126 cm³/mol. The van der Waals surface area contributed by atoms with Crippen LogP contribution in [-0.4, -0.2) is 35.4 Å². The molecule has 2 aromatic rings. The summed E-state index contributed by atoms with van der Waals surface area (Å²) in [6.07, 6.45) is 4.30. The molecule has 1 atom stereocenters. The molecule has 0 saturated heterocycles. The van der Waals surface area contributed by atoms with Crippen LogP contribution in [0.5, 0.6) is 5.75 Å². The van der Waals surface area contributed by atoms with Crippen molar-refractivity contribution in [2.45, 2.75) is 65.1 Å². The number of benzene rings is 2. The zero-order valence-corrected chi connectivity index (χ0v) is 20.1. The Bertz CT molecular complexity index is 925. The van der Waals surface area contributed by atoms with Crippen molar-refractivity contribution in [1.29, 1.82) is 0 Å². The Morgan fingerprint density at radius 3 is 2.58 bits per heavy atom. The quantitative estimate of drug-likeness (QED) is 0.575. The molecule has 0 spiro atoms. The van der Waals surface area contributed by atoms with Crippen LogP contribution in [0.4, 0.5) is 0 Å². The van der Waals surface area contributed by atoms with Crippen LogP contribution in [0, 0.1) is 13.8 Å². The van der Waals surface area contributed by atoms with E-state index in [0.717, 1.165) is 46.8 Å². The van der Waals surface area contributed by atoms with Crippen molar-refractivity contribution in [1.82, 2.24) is 10.2 Å². The van der Waals surface area contributed by atoms with Crippen molar-refractivity contribution in [2.75, 3.05) is 6.61 Å². The molecule has 2 amide bonds. The topological polar surface area (TPSA) is 58.6 Å². The number of carbonyl (C=O) groups excluding carboxylic acids is 2. The van der Waals surface area contributed by atoms with Crippen LogP contribution in [0.25, 0.3) is 0 Å². The van der Waals surface area contributed by atoms with Gasteiger partial charge in [0.1, 0.15) is 11.8 Å². The molecule has 1 aliphatic carbocycles. The molecule has 31 heavy (non-hydrogen) atoms. The Morgan fingerprint density at radius 1 is 1.16 bits per heavy atom. The molecule has 0 radical (unpaired) electrons. The fraction of sp³-hybridized carbons (Fsp3) is 0.440. The van der Waals surface area contributed by atoms with E-state index >= 15 is 0 Å². The van der Waals surface area contributed by atoms with Crippen molar-refractivity contribution >= 4 is 27.7 Å². The maximum Gasteiger partial charge on any atom is 0.261 e. The Balaban J connectivity index is 1.73. The predicted octanol–water partition coefficient (Wildman–Crippen LogP) is 4.92. The van der Waals surface area contributed by atoms with E-state index in [4.69, 9.17) is 4.74 Å². The molecule has 1 aliphatic rings. The Labute approximate surface area is 193 Å². The van der Waals surface area contributed by atoms with Gasteiger partial charge < -0.3 is 15.0 Å². The second kappa shape index (κ2) is 10.8. The van der Waals surface area contributed by atoms with E-state index < -0.39 is 6.04 Å². The summed E-state index contributed by atoms with van der Waals surface area (Å²) in [5.41, 5.74) is 3.08. The molecule has 6 heteroatoms. The van der Waals surface area contributed by atoms with E-state index in [-0.39, 0.29) is 24.5 Å². The average molecular weight is 487 g/mol. The molecule has 0 aliphatic heterocycles. The van der Waals surface area contributed by atoms with Gasteiger partial charge in [0.2, 0.25) is 5.91 Å². The summed E-state index contributed by atoms with van der Waals surface area (Å²) in [5.74, 6) is 0.361. The number of nitrogens with zero attached hydrogens (tertiary/aromatic N) is 1. The SMILES string of the molecule is Cc1ccc(OCC(=O)N(Cc2cccc(Br)c2)[C@H](C)C(=O)NC2CCCC2)c(C)c1.